The van der Waals surface area contributed by atoms with Gasteiger partial charge in [-0.1, -0.05) is 25.0 Å². The van der Waals surface area contributed by atoms with E-state index >= 15 is 0 Å². The van der Waals surface area contributed by atoms with Crippen LogP contribution < -0.4 is 4.72 Å². The molecule has 1 fully saturated rings. The van der Waals surface area contributed by atoms with Crippen molar-refractivity contribution < 1.29 is 8.42 Å². The zero-order chi connectivity index (χ0) is 14.0. The van der Waals surface area contributed by atoms with Crippen molar-refractivity contribution in [3.05, 3.63) is 29.3 Å². The first kappa shape index (κ1) is 14.0. The highest BCUT2D eigenvalue weighted by atomic mass is 32.2. The molecule has 0 radical (unpaired) electrons. The number of benzene rings is 1. The standard InChI is InChI=1S/C14H18N2O2S2/c17-20(18,9-11-4-1-2-5-11)16-8-12-6-3-7-13-14(12)19-10-15-13/h3,6-7,10-11,16H,1-2,4-5,8-9H2. The van der Waals surface area contributed by atoms with Gasteiger partial charge in [-0.25, -0.2) is 18.1 Å². The number of nitrogens with one attached hydrogen (secondary N) is 1. The van der Waals surface area contributed by atoms with E-state index in [1.54, 1.807) is 16.8 Å². The topological polar surface area (TPSA) is 59.1 Å². The summed E-state index contributed by atoms with van der Waals surface area (Å²) in [5, 5.41) is 0. The summed E-state index contributed by atoms with van der Waals surface area (Å²) in [6.07, 6.45) is 4.43. The van der Waals surface area contributed by atoms with Crippen molar-refractivity contribution in [3.8, 4) is 0 Å². The third-order valence-corrected chi connectivity index (χ3v) is 6.26. The number of hydrogen-bond donors (Lipinski definition) is 1. The van der Waals surface area contributed by atoms with Crippen molar-refractivity contribution in [2.45, 2.75) is 32.2 Å². The Morgan fingerprint density at radius 2 is 2.10 bits per heavy atom. The van der Waals surface area contributed by atoms with E-state index < -0.39 is 10.0 Å². The lowest BCUT2D eigenvalue weighted by Gasteiger charge is -2.11. The fraction of sp³-hybridized carbons (Fsp3) is 0.500. The fourth-order valence-electron chi connectivity index (χ4n) is 2.82. The lowest BCUT2D eigenvalue weighted by Crippen LogP contribution is -2.28. The van der Waals surface area contributed by atoms with Gasteiger partial charge in [-0.05, 0) is 30.4 Å². The quantitative estimate of drug-likeness (QED) is 0.924. The summed E-state index contributed by atoms with van der Waals surface area (Å²) in [4.78, 5) is 4.25. The van der Waals surface area contributed by atoms with E-state index in [-0.39, 0.29) is 5.75 Å². The maximum absolute atomic E-state index is 12.1. The number of fused-ring (bicyclic) bond motifs is 1. The van der Waals surface area contributed by atoms with Crippen LogP contribution in [0.3, 0.4) is 0 Å². The van der Waals surface area contributed by atoms with Gasteiger partial charge in [-0.3, -0.25) is 0 Å². The van der Waals surface area contributed by atoms with E-state index in [2.05, 4.69) is 9.71 Å². The average molecular weight is 310 g/mol. The van der Waals surface area contributed by atoms with Crippen LogP contribution in [0.2, 0.25) is 0 Å². The minimum atomic E-state index is -3.18. The number of rotatable bonds is 5. The van der Waals surface area contributed by atoms with E-state index in [1.807, 2.05) is 18.2 Å². The van der Waals surface area contributed by atoms with Crippen LogP contribution in [0.4, 0.5) is 0 Å². The van der Waals surface area contributed by atoms with Crippen molar-refractivity contribution in [1.82, 2.24) is 9.71 Å². The zero-order valence-corrected chi connectivity index (χ0v) is 12.8. The Hall–Kier alpha value is -0.980. The summed E-state index contributed by atoms with van der Waals surface area (Å²) >= 11 is 1.55. The number of sulfonamides is 1. The average Bonchev–Trinajstić information content (AvgIpc) is 3.06. The number of nitrogens with zero attached hydrogens (tertiary/aromatic N) is 1. The van der Waals surface area contributed by atoms with Crippen LogP contribution in [0.25, 0.3) is 10.2 Å². The van der Waals surface area contributed by atoms with Crippen LogP contribution in [-0.4, -0.2) is 19.2 Å². The van der Waals surface area contributed by atoms with Crippen LogP contribution in [0, 0.1) is 5.92 Å². The van der Waals surface area contributed by atoms with Gasteiger partial charge < -0.3 is 0 Å². The fourth-order valence-corrected chi connectivity index (χ4v) is 5.07. The van der Waals surface area contributed by atoms with E-state index in [1.165, 1.54) is 12.8 Å². The Bertz CT molecular complexity index is 688. The predicted octanol–water partition coefficient (Wildman–Crippen LogP) is 2.91. The molecule has 0 spiro atoms. The Morgan fingerprint density at radius 3 is 2.90 bits per heavy atom. The van der Waals surface area contributed by atoms with Crippen LogP contribution in [0.15, 0.2) is 23.7 Å². The first-order valence-electron chi connectivity index (χ1n) is 6.92. The monoisotopic (exact) mass is 310 g/mol. The van der Waals surface area contributed by atoms with E-state index in [0.717, 1.165) is 28.6 Å². The van der Waals surface area contributed by atoms with Gasteiger partial charge in [0.25, 0.3) is 0 Å². The summed E-state index contributed by atoms with van der Waals surface area (Å²) in [7, 11) is -3.18. The maximum atomic E-state index is 12.1. The van der Waals surface area contributed by atoms with Crippen molar-refractivity contribution in [1.29, 1.82) is 0 Å². The van der Waals surface area contributed by atoms with Crippen molar-refractivity contribution >= 4 is 31.6 Å². The molecule has 3 rings (SSSR count). The zero-order valence-electron chi connectivity index (χ0n) is 11.2. The highest BCUT2D eigenvalue weighted by Gasteiger charge is 2.22. The highest BCUT2D eigenvalue weighted by molar-refractivity contribution is 7.89. The molecule has 1 aliphatic rings. The Labute approximate surface area is 123 Å². The van der Waals surface area contributed by atoms with Crippen molar-refractivity contribution in [2.75, 3.05) is 5.75 Å². The van der Waals surface area contributed by atoms with Gasteiger partial charge in [0.2, 0.25) is 10.0 Å². The lowest BCUT2D eigenvalue weighted by atomic mass is 10.1. The van der Waals surface area contributed by atoms with Gasteiger partial charge in [0.05, 0.1) is 21.5 Å². The molecule has 20 heavy (non-hydrogen) atoms. The molecule has 0 saturated heterocycles. The summed E-state index contributed by atoms with van der Waals surface area (Å²) in [6, 6.07) is 5.82. The lowest BCUT2D eigenvalue weighted by molar-refractivity contribution is 0.547. The summed E-state index contributed by atoms with van der Waals surface area (Å²) in [5.41, 5.74) is 3.73. The van der Waals surface area contributed by atoms with Gasteiger partial charge in [-0.15, -0.1) is 11.3 Å². The molecule has 6 heteroatoms. The summed E-state index contributed by atoms with van der Waals surface area (Å²) in [5.74, 6) is 0.609. The second kappa shape index (κ2) is 5.79. The van der Waals surface area contributed by atoms with E-state index in [9.17, 15) is 8.42 Å². The van der Waals surface area contributed by atoms with Gasteiger partial charge >= 0.3 is 0 Å². The summed E-state index contributed by atoms with van der Waals surface area (Å²) in [6.45, 7) is 0.356. The van der Waals surface area contributed by atoms with Crippen LogP contribution in [-0.2, 0) is 16.6 Å². The molecule has 2 aromatic rings. The normalized spacial score (nSPS) is 17.0. The first-order chi connectivity index (χ1) is 9.64. The minimum absolute atomic E-state index is 0.270. The second-order valence-electron chi connectivity index (χ2n) is 5.37. The molecule has 0 unspecified atom stereocenters. The van der Waals surface area contributed by atoms with Gasteiger partial charge in [0.1, 0.15) is 0 Å². The smallest absolute Gasteiger partial charge is 0.212 e. The Morgan fingerprint density at radius 1 is 1.30 bits per heavy atom. The van der Waals surface area contributed by atoms with Crippen LogP contribution >= 0.6 is 11.3 Å². The van der Waals surface area contributed by atoms with E-state index in [4.69, 9.17) is 0 Å². The molecule has 4 nitrogen and oxygen atoms in total. The number of hydrogen-bond acceptors (Lipinski definition) is 4. The molecule has 1 aromatic heterocycles. The van der Waals surface area contributed by atoms with E-state index in [0.29, 0.717) is 12.5 Å². The number of thiazole rings is 1. The predicted molar refractivity (Wildman–Crippen MR) is 82.2 cm³/mol. The Balaban J connectivity index is 1.67. The molecule has 108 valence electrons. The Kier molecular flexibility index (Phi) is 4.05. The molecule has 0 aliphatic heterocycles. The highest BCUT2D eigenvalue weighted by Crippen LogP contribution is 2.26. The SMILES string of the molecule is O=S(=O)(CC1CCCC1)NCc1cccc2ncsc12. The third kappa shape index (κ3) is 3.19. The van der Waals surface area contributed by atoms with Gasteiger partial charge in [0.15, 0.2) is 0 Å². The minimum Gasteiger partial charge on any atom is -0.245 e. The van der Waals surface area contributed by atoms with Crippen LogP contribution in [0.1, 0.15) is 31.2 Å². The number of aromatic nitrogens is 1. The molecule has 0 atom stereocenters. The first-order valence-corrected chi connectivity index (χ1v) is 9.46. The molecule has 1 aliphatic carbocycles. The molecular formula is C14H18N2O2S2. The van der Waals surface area contributed by atoms with Crippen molar-refractivity contribution in [2.24, 2.45) is 5.92 Å². The molecule has 0 bridgehead atoms. The largest absolute Gasteiger partial charge is 0.245 e. The molecule has 1 N–H and O–H groups in total. The molecule has 0 amide bonds. The van der Waals surface area contributed by atoms with Gasteiger partial charge in [-0.2, -0.15) is 0 Å². The van der Waals surface area contributed by atoms with Gasteiger partial charge in [0, 0.05) is 6.54 Å². The summed E-state index contributed by atoms with van der Waals surface area (Å²) < 4.78 is 28.0. The molecular weight excluding hydrogens is 292 g/mol. The maximum Gasteiger partial charge on any atom is 0.212 e. The second-order valence-corrected chi connectivity index (χ2v) is 8.08. The van der Waals surface area contributed by atoms with Crippen molar-refractivity contribution in [3.63, 3.8) is 0 Å². The molecule has 1 heterocycles. The van der Waals surface area contributed by atoms with Crippen LogP contribution in [0.5, 0.6) is 0 Å². The molecule has 1 aromatic carbocycles. The third-order valence-electron chi connectivity index (χ3n) is 3.85. The molecule has 1 saturated carbocycles.